The van der Waals surface area contributed by atoms with Crippen LogP contribution in [-0.4, -0.2) is 8.42 Å². The number of hydrogen-bond donors (Lipinski definition) is 0. The monoisotopic (exact) mass is 140 g/mol. The average Bonchev–Trinajstić information content (AvgIpc) is 1.31. The summed E-state index contributed by atoms with van der Waals surface area (Å²) in [5.41, 5.74) is 0. The molecule has 0 N–H and O–H groups in total. The van der Waals surface area contributed by atoms with Gasteiger partial charge in [0.25, 0.3) is 9.05 Å². The van der Waals surface area contributed by atoms with Crippen LogP contribution in [0.5, 0.6) is 0 Å². The summed E-state index contributed by atoms with van der Waals surface area (Å²) in [6.07, 6.45) is 0. The van der Waals surface area contributed by atoms with Crippen LogP contribution in [0.2, 0.25) is 0 Å². The first kappa shape index (κ1) is 6.98. The van der Waals surface area contributed by atoms with Crippen molar-refractivity contribution in [1.29, 1.82) is 0 Å². The van der Waals surface area contributed by atoms with E-state index in [4.69, 9.17) is 10.7 Å². The van der Waals surface area contributed by atoms with Gasteiger partial charge in [-0.05, 0) is 6.92 Å². The third-order valence-corrected chi connectivity index (χ3v) is 2.04. The van der Waals surface area contributed by atoms with Crippen molar-refractivity contribution < 1.29 is 8.42 Å². The molecular formula is C3H5ClO2S. The molecule has 0 rings (SSSR count). The molecule has 42 valence electrons. The predicted molar refractivity (Wildman–Crippen MR) is 29.6 cm³/mol. The standard InChI is InChI=1S/C3H5ClO2S/c1-3(2)7(4,5)6/h1H2,2H3. The number of rotatable bonds is 1. The minimum Gasteiger partial charge on any atom is -0.207 e. The van der Waals surface area contributed by atoms with E-state index in [2.05, 4.69) is 6.58 Å². The third kappa shape index (κ3) is 2.65. The van der Waals surface area contributed by atoms with E-state index in [1.54, 1.807) is 0 Å². The molecule has 0 heterocycles. The van der Waals surface area contributed by atoms with Crippen molar-refractivity contribution in [1.82, 2.24) is 0 Å². The van der Waals surface area contributed by atoms with Gasteiger partial charge in [-0.25, -0.2) is 8.42 Å². The molecule has 4 heteroatoms. The second-order valence-electron chi connectivity index (χ2n) is 1.14. The highest BCUT2D eigenvalue weighted by molar-refractivity contribution is 8.16. The Morgan fingerprint density at radius 3 is 1.86 bits per heavy atom. The molecule has 0 bridgehead atoms. The van der Waals surface area contributed by atoms with Gasteiger partial charge < -0.3 is 0 Å². The quantitative estimate of drug-likeness (QED) is 0.511. The van der Waals surface area contributed by atoms with Crippen LogP contribution in [0.3, 0.4) is 0 Å². The minimum atomic E-state index is -3.46. The first-order valence-corrected chi connectivity index (χ1v) is 3.85. The van der Waals surface area contributed by atoms with Gasteiger partial charge in [0.15, 0.2) is 0 Å². The van der Waals surface area contributed by atoms with Gasteiger partial charge in [-0.1, -0.05) is 6.58 Å². The van der Waals surface area contributed by atoms with Gasteiger partial charge in [-0.15, -0.1) is 0 Å². The molecular weight excluding hydrogens is 136 g/mol. The van der Waals surface area contributed by atoms with Crippen molar-refractivity contribution in [2.45, 2.75) is 6.92 Å². The van der Waals surface area contributed by atoms with E-state index in [1.165, 1.54) is 6.92 Å². The summed E-state index contributed by atoms with van der Waals surface area (Å²) in [4.78, 5) is -0.0193. The van der Waals surface area contributed by atoms with Crippen LogP contribution in [0.4, 0.5) is 0 Å². The second kappa shape index (κ2) is 1.84. The summed E-state index contributed by atoms with van der Waals surface area (Å²) in [6.45, 7) is 4.44. The largest absolute Gasteiger partial charge is 0.256 e. The Labute approximate surface area is 47.2 Å². The fourth-order valence-electron chi connectivity index (χ4n) is 0. The molecule has 2 nitrogen and oxygen atoms in total. The predicted octanol–water partition coefficient (Wildman–Crippen LogP) is 1.09. The minimum absolute atomic E-state index is 0.0193. The summed E-state index contributed by atoms with van der Waals surface area (Å²) in [5.74, 6) is 0. The van der Waals surface area contributed by atoms with E-state index < -0.39 is 9.05 Å². The van der Waals surface area contributed by atoms with E-state index in [0.29, 0.717) is 0 Å². The highest BCUT2D eigenvalue weighted by Gasteiger charge is 2.02. The van der Waals surface area contributed by atoms with Crippen molar-refractivity contribution in [3.63, 3.8) is 0 Å². The molecule has 0 spiro atoms. The van der Waals surface area contributed by atoms with Crippen molar-refractivity contribution in [3.8, 4) is 0 Å². The Hall–Kier alpha value is -0.0200. The van der Waals surface area contributed by atoms with Crippen LogP contribution < -0.4 is 0 Å². The van der Waals surface area contributed by atoms with Crippen LogP contribution in [0, 0.1) is 0 Å². The third-order valence-electron chi connectivity index (χ3n) is 0.416. The normalized spacial score (nSPS) is 11.1. The average molecular weight is 141 g/mol. The van der Waals surface area contributed by atoms with Gasteiger partial charge in [0.2, 0.25) is 0 Å². The van der Waals surface area contributed by atoms with E-state index in [0.717, 1.165) is 0 Å². The van der Waals surface area contributed by atoms with Crippen LogP contribution in [0.25, 0.3) is 0 Å². The van der Waals surface area contributed by atoms with E-state index >= 15 is 0 Å². The molecule has 0 aromatic carbocycles. The summed E-state index contributed by atoms with van der Waals surface area (Å²) < 4.78 is 20.0. The van der Waals surface area contributed by atoms with Crippen molar-refractivity contribution in [2.75, 3.05) is 0 Å². The molecule has 0 aromatic heterocycles. The zero-order valence-corrected chi connectivity index (χ0v) is 5.38. The summed E-state index contributed by atoms with van der Waals surface area (Å²) >= 11 is 0. The summed E-state index contributed by atoms with van der Waals surface area (Å²) in [6, 6.07) is 0. The lowest BCUT2D eigenvalue weighted by molar-refractivity contribution is 0.615. The SMILES string of the molecule is C=C(C)S(=O)(=O)Cl. The Balaban J connectivity index is 4.43. The van der Waals surface area contributed by atoms with Gasteiger partial charge in [0, 0.05) is 15.6 Å². The maximum atomic E-state index is 10.00. The molecule has 0 saturated carbocycles. The molecule has 7 heavy (non-hydrogen) atoms. The van der Waals surface area contributed by atoms with Crippen molar-refractivity contribution in [3.05, 3.63) is 11.5 Å². The molecule has 0 saturated heterocycles. The van der Waals surface area contributed by atoms with E-state index in [1.807, 2.05) is 0 Å². The lowest BCUT2D eigenvalue weighted by Crippen LogP contribution is -1.85. The second-order valence-corrected chi connectivity index (χ2v) is 3.93. The molecule has 0 aliphatic rings. The summed E-state index contributed by atoms with van der Waals surface area (Å²) in [7, 11) is 1.28. The van der Waals surface area contributed by atoms with E-state index in [-0.39, 0.29) is 4.91 Å². The van der Waals surface area contributed by atoms with Gasteiger partial charge in [0.1, 0.15) is 0 Å². The van der Waals surface area contributed by atoms with Crippen LogP contribution in [-0.2, 0) is 9.05 Å². The molecule has 0 aliphatic carbocycles. The molecule has 0 atom stereocenters. The zero-order valence-electron chi connectivity index (χ0n) is 3.81. The highest BCUT2D eigenvalue weighted by atomic mass is 35.7. The first-order valence-electron chi connectivity index (χ1n) is 1.55. The van der Waals surface area contributed by atoms with Gasteiger partial charge in [-0.3, -0.25) is 0 Å². The fourth-order valence-corrected chi connectivity index (χ4v) is 0. The van der Waals surface area contributed by atoms with E-state index in [9.17, 15) is 8.42 Å². The van der Waals surface area contributed by atoms with Crippen LogP contribution in [0.1, 0.15) is 6.92 Å². The molecule has 0 aromatic rings. The molecule has 0 fully saturated rings. The highest BCUT2D eigenvalue weighted by Crippen LogP contribution is 2.05. The Kier molecular flexibility index (Phi) is 1.83. The first-order chi connectivity index (χ1) is 2.94. The maximum Gasteiger partial charge on any atom is 0.256 e. The molecule has 0 radical (unpaired) electrons. The fraction of sp³-hybridized carbons (Fsp3) is 0.333. The lowest BCUT2D eigenvalue weighted by Gasteiger charge is -1.84. The lowest BCUT2D eigenvalue weighted by atomic mass is 10.8. The van der Waals surface area contributed by atoms with Gasteiger partial charge in [-0.2, -0.15) is 0 Å². The van der Waals surface area contributed by atoms with Crippen LogP contribution >= 0.6 is 10.7 Å². The van der Waals surface area contributed by atoms with Gasteiger partial charge in [0.05, 0.1) is 0 Å². The zero-order chi connectivity index (χ0) is 6.08. The maximum absolute atomic E-state index is 10.00. The van der Waals surface area contributed by atoms with Gasteiger partial charge >= 0.3 is 0 Å². The van der Waals surface area contributed by atoms with Crippen LogP contribution in [0.15, 0.2) is 11.5 Å². The number of halogens is 1. The summed E-state index contributed by atoms with van der Waals surface area (Å²) in [5, 5.41) is 0. The Bertz CT molecular complexity index is 167. The Morgan fingerprint density at radius 2 is 1.86 bits per heavy atom. The molecule has 0 amide bonds. The smallest absolute Gasteiger partial charge is 0.207 e. The van der Waals surface area contributed by atoms with Crippen molar-refractivity contribution in [2.24, 2.45) is 0 Å². The number of hydrogen-bond acceptors (Lipinski definition) is 2. The topological polar surface area (TPSA) is 34.1 Å². The molecule has 0 aliphatic heterocycles. The number of allylic oxidation sites excluding steroid dienone is 1. The Morgan fingerprint density at radius 1 is 1.71 bits per heavy atom. The van der Waals surface area contributed by atoms with Crippen molar-refractivity contribution >= 4 is 19.7 Å². The molecule has 0 unspecified atom stereocenters.